The van der Waals surface area contributed by atoms with Gasteiger partial charge < -0.3 is 9.73 Å². The summed E-state index contributed by atoms with van der Waals surface area (Å²) < 4.78 is 5.18. The summed E-state index contributed by atoms with van der Waals surface area (Å²) in [5.74, 6) is 0. The number of hydrogen-bond acceptors (Lipinski definition) is 3. The molecule has 1 unspecified atom stereocenters. The third-order valence-electron chi connectivity index (χ3n) is 3.90. The van der Waals surface area contributed by atoms with Gasteiger partial charge in [-0.05, 0) is 51.5 Å². The largest absolute Gasteiger partial charge is 0.472 e. The summed E-state index contributed by atoms with van der Waals surface area (Å²) in [6.07, 6.45) is 4.61. The number of nitrogens with zero attached hydrogens (tertiary/aromatic N) is 1. The van der Waals surface area contributed by atoms with Gasteiger partial charge in [0.15, 0.2) is 0 Å². The van der Waals surface area contributed by atoms with Crippen LogP contribution < -0.4 is 5.32 Å². The van der Waals surface area contributed by atoms with Crippen molar-refractivity contribution in [2.75, 3.05) is 19.6 Å². The quantitative estimate of drug-likeness (QED) is 0.771. The topological polar surface area (TPSA) is 28.4 Å². The molecule has 0 aliphatic carbocycles. The Hall–Kier alpha value is -0.800. The zero-order valence-corrected chi connectivity index (χ0v) is 12.5. The third kappa shape index (κ3) is 3.59. The van der Waals surface area contributed by atoms with Crippen molar-refractivity contribution in [3.8, 4) is 0 Å². The molecule has 0 radical (unpaired) electrons. The van der Waals surface area contributed by atoms with Crippen LogP contribution in [0, 0.1) is 0 Å². The van der Waals surface area contributed by atoms with Gasteiger partial charge in [-0.2, -0.15) is 0 Å². The summed E-state index contributed by atoms with van der Waals surface area (Å²) >= 11 is 0. The first-order chi connectivity index (χ1) is 8.56. The van der Waals surface area contributed by atoms with Gasteiger partial charge in [0.1, 0.15) is 0 Å². The van der Waals surface area contributed by atoms with E-state index in [9.17, 15) is 0 Å². The van der Waals surface area contributed by atoms with Crippen molar-refractivity contribution >= 4 is 0 Å². The van der Waals surface area contributed by atoms with Crippen LogP contribution >= 0.6 is 0 Å². The second-order valence-corrected chi connectivity index (χ2v) is 5.27. The smallest absolute Gasteiger partial charge is 0.0935 e. The minimum atomic E-state index is 0.136. The van der Waals surface area contributed by atoms with Gasteiger partial charge in [0, 0.05) is 11.6 Å². The average Bonchev–Trinajstić information content (AvgIpc) is 2.82. The lowest BCUT2D eigenvalue weighted by molar-refractivity contribution is 0.0917. The molecule has 1 aromatic heterocycles. The van der Waals surface area contributed by atoms with E-state index in [1.165, 1.54) is 5.56 Å². The fourth-order valence-corrected chi connectivity index (χ4v) is 2.72. The molecular formula is C15H28N2O. The maximum atomic E-state index is 5.18. The van der Waals surface area contributed by atoms with Crippen molar-refractivity contribution in [3.05, 3.63) is 24.2 Å². The fraction of sp³-hybridized carbons (Fsp3) is 0.733. The predicted molar refractivity (Wildman–Crippen MR) is 76.9 cm³/mol. The van der Waals surface area contributed by atoms with Gasteiger partial charge in [0.2, 0.25) is 0 Å². The fourth-order valence-electron chi connectivity index (χ4n) is 2.72. The molecule has 18 heavy (non-hydrogen) atoms. The Bertz CT molecular complexity index is 315. The Balaban J connectivity index is 2.81. The predicted octanol–water partition coefficient (Wildman–Crippen LogP) is 2.92. The number of nitrogens with one attached hydrogen (secondary N) is 1. The second-order valence-electron chi connectivity index (χ2n) is 5.27. The molecule has 0 saturated carbocycles. The summed E-state index contributed by atoms with van der Waals surface area (Å²) in [7, 11) is 0. The molecule has 3 nitrogen and oxygen atoms in total. The Kier molecular flexibility index (Phi) is 5.89. The van der Waals surface area contributed by atoms with Gasteiger partial charge in [0.25, 0.3) is 0 Å². The van der Waals surface area contributed by atoms with Crippen molar-refractivity contribution in [1.29, 1.82) is 0 Å². The van der Waals surface area contributed by atoms with Crippen molar-refractivity contribution < 1.29 is 4.42 Å². The molecule has 0 bridgehead atoms. The van der Waals surface area contributed by atoms with Crippen LogP contribution in [0.3, 0.4) is 0 Å². The van der Waals surface area contributed by atoms with E-state index in [0.29, 0.717) is 6.04 Å². The normalized spacial score (nSPS) is 14.1. The van der Waals surface area contributed by atoms with Crippen molar-refractivity contribution in [3.63, 3.8) is 0 Å². The van der Waals surface area contributed by atoms with Crippen LogP contribution in [-0.2, 0) is 6.42 Å². The highest BCUT2D eigenvalue weighted by Gasteiger charge is 2.33. The molecule has 104 valence electrons. The summed E-state index contributed by atoms with van der Waals surface area (Å²) in [6.45, 7) is 14.4. The van der Waals surface area contributed by atoms with Crippen molar-refractivity contribution in [1.82, 2.24) is 10.2 Å². The van der Waals surface area contributed by atoms with Crippen LogP contribution in [0.25, 0.3) is 0 Å². The van der Waals surface area contributed by atoms with E-state index in [2.05, 4.69) is 50.9 Å². The van der Waals surface area contributed by atoms with Crippen molar-refractivity contribution in [2.24, 2.45) is 0 Å². The van der Waals surface area contributed by atoms with Crippen molar-refractivity contribution in [2.45, 2.75) is 52.6 Å². The molecule has 0 spiro atoms. The molecule has 1 atom stereocenters. The zero-order valence-electron chi connectivity index (χ0n) is 12.5. The maximum absolute atomic E-state index is 5.18. The van der Waals surface area contributed by atoms with Crippen LogP contribution in [0.15, 0.2) is 23.0 Å². The number of furan rings is 1. The zero-order chi connectivity index (χ0) is 13.6. The van der Waals surface area contributed by atoms with E-state index in [1.807, 2.05) is 6.26 Å². The molecule has 0 fully saturated rings. The van der Waals surface area contributed by atoms with Gasteiger partial charge >= 0.3 is 0 Å². The number of hydrogen-bond donors (Lipinski definition) is 1. The molecule has 3 heteroatoms. The minimum absolute atomic E-state index is 0.136. The molecule has 0 saturated heterocycles. The van der Waals surface area contributed by atoms with Gasteiger partial charge in [-0.3, -0.25) is 4.90 Å². The minimum Gasteiger partial charge on any atom is -0.472 e. The van der Waals surface area contributed by atoms with E-state index in [-0.39, 0.29) is 5.54 Å². The Morgan fingerprint density at radius 1 is 1.28 bits per heavy atom. The number of rotatable bonds is 8. The molecule has 1 aromatic rings. The molecule has 0 aliphatic heterocycles. The first kappa shape index (κ1) is 15.3. The monoisotopic (exact) mass is 252 g/mol. The van der Waals surface area contributed by atoms with Gasteiger partial charge in [-0.15, -0.1) is 0 Å². The first-order valence-electron chi connectivity index (χ1n) is 7.05. The SMILES string of the molecule is CCNC(Cc1ccoc1)C(C)(C)N(CC)CC. The maximum Gasteiger partial charge on any atom is 0.0935 e. The lowest BCUT2D eigenvalue weighted by Gasteiger charge is -2.43. The average molecular weight is 252 g/mol. The Labute approximate surface area is 112 Å². The molecular weight excluding hydrogens is 224 g/mol. The lowest BCUT2D eigenvalue weighted by Crippen LogP contribution is -2.58. The molecule has 0 aromatic carbocycles. The highest BCUT2D eigenvalue weighted by molar-refractivity contribution is 5.10. The van der Waals surface area contributed by atoms with Crippen LogP contribution in [0.5, 0.6) is 0 Å². The van der Waals surface area contributed by atoms with E-state index in [1.54, 1.807) is 6.26 Å². The Morgan fingerprint density at radius 3 is 2.39 bits per heavy atom. The summed E-state index contributed by atoms with van der Waals surface area (Å²) in [4.78, 5) is 2.51. The standard InChI is InChI=1S/C15H28N2O/c1-6-16-14(11-13-9-10-18-12-13)15(4,5)17(7-2)8-3/h9-10,12,14,16H,6-8,11H2,1-5H3. The summed E-state index contributed by atoms with van der Waals surface area (Å²) in [6, 6.07) is 2.49. The molecule has 1 heterocycles. The first-order valence-corrected chi connectivity index (χ1v) is 7.05. The van der Waals surface area contributed by atoms with Crippen LogP contribution in [0.2, 0.25) is 0 Å². The molecule has 1 rings (SSSR count). The van der Waals surface area contributed by atoms with E-state index in [4.69, 9.17) is 4.42 Å². The highest BCUT2D eigenvalue weighted by atomic mass is 16.3. The molecule has 0 amide bonds. The van der Waals surface area contributed by atoms with E-state index >= 15 is 0 Å². The van der Waals surface area contributed by atoms with Gasteiger partial charge in [-0.1, -0.05) is 20.8 Å². The van der Waals surface area contributed by atoms with Crippen LogP contribution in [0.1, 0.15) is 40.2 Å². The van der Waals surface area contributed by atoms with Gasteiger partial charge in [0.05, 0.1) is 12.5 Å². The molecule has 0 aliphatic rings. The molecule has 1 N–H and O–H groups in total. The lowest BCUT2D eigenvalue weighted by atomic mass is 9.88. The highest BCUT2D eigenvalue weighted by Crippen LogP contribution is 2.22. The Morgan fingerprint density at radius 2 is 1.94 bits per heavy atom. The third-order valence-corrected chi connectivity index (χ3v) is 3.90. The summed E-state index contributed by atoms with van der Waals surface area (Å²) in [5, 5.41) is 3.63. The van der Waals surface area contributed by atoms with Crippen LogP contribution in [0.4, 0.5) is 0 Å². The van der Waals surface area contributed by atoms with E-state index in [0.717, 1.165) is 26.1 Å². The summed E-state index contributed by atoms with van der Waals surface area (Å²) in [5.41, 5.74) is 1.40. The van der Waals surface area contributed by atoms with E-state index < -0.39 is 0 Å². The van der Waals surface area contributed by atoms with Crippen LogP contribution in [-0.4, -0.2) is 36.1 Å². The van der Waals surface area contributed by atoms with Gasteiger partial charge in [-0.25, -0.2) is 0 Å². The number of likely N-dealkylation sites (N-methyl/N-ethyl adjacent to an activating group) is 2. The second kappa shape index (κ2) is 6.95.